The number of benzene rings is 2. The zero-order valence-electron chi connectivity index (χ0n) is 18.5. The van der Waals surface area contributed by atoms with E-state index in [4.69, 9.17) is 4.74 Å². The van der Waals surface area contributed by atoms with Crippen LogP contribution in [-0.2, 0) is 17.6 Å². The fourth-order valence-electron chi connectivity index (χ4n) is 4.46. The summed E-state index contributed by atoms with van der Waals surface area (Å²) >= 11 is 0. The number of unbranched alkanes of at least 4 members (excludes halogenated alkanes) is 3. The monoisotopic (exact) mass is 428 g/mol. The second-order valence-corrected chi connectivity index (χ2v) is 8.88. The molecule has 31 heavy (non-hydrogen) atoms. The first-order valence-corrected chi connectivity index (χ1v) is 11.8. The summed E-state index contributed by atoms with van der Waals surface area (Å²) in [5.74, 6) is -0.460. The molecule has 2 aromatic rings. The van der Waals surface area contributed by atoms with Gasteiger partial charge < -0.3 is 4.74 Å². The number of rotatable bonds is 10. The molecule has 0 saturated heterocycles. The smallest absolute Gasteiger partial charge is 0.314 e. The summed E-state index contributed by atoms with van der Waals surface area (Å²) in [6, 6.07) is 11.1. The van der Waals surface area contributed by atoms with E-state index in [-0.39, 0.29) is 23.5 Å². The molecule has 3 rings (SSSR count). The van der Waals surface area contributed by atoms with Crippen LogP contribution in [0.1, 0.15) is 75.8 Å². The fourth-order valence-corrected chi connectivity index (χ4v) is 4.46. The molecule has 168 valence electrons. The lowest BCUT2D eigenvalue weighted by Gasteiger charge is -2.27. The molecule has 0 N–H and O–H groups in total. The molecule has 1 saturated carbocycles. The normalized spacial score (nSPS) is 18.7. The first-order valence-electron chi connectivity index (χ1n) is 11.8. The Morgan fingerprint density at radius 3 is 2.26 bits per heavy atom. The Kier molecular flexibility index (Phi) is 9.05. The molecule has 0 atom stereocenters. The van der Waals surface area contributed by atoms with E-state index in [1.54, 1.807) is 24.3 Å². The van der Waals surface area contributed by atoms with Crippen molar-refractivity contribution in [3.8, 4) is 5.75 Å². The Morgan fingerprint density at radius 2 is 1.58 bits per heavy atom. The fraction of sp³-hybridized carbons (Fsp3) is 0.519. The van der Waals surface area contributed by atoms with Crippen LogP contribution in [0.25, 0.3) is 0 Å². The van der Waals surface area contributed by atoms with Crippen LogP contribution in [0.15, 0.2) is 42.5 Å². The van der Waals surface area contributed by atoms with Gasteiger partial charge in [-0.15, -0.1) is 0 Å². The van der Waals surface area contributed by atoms with Crippen LogP contribution in [0.2, 0.25) is 0 Å². The standard InChI is InChI=1S/C27H34F2O2/c1-2-3-4-5-6-20-9-14-23(15-10-20)27(30)31-26-18-13-22(19-25(26)29)8-7-21-11-16-24(28)17-12-21/h11-13,16-20,23H,2-10,14-15H2,1H3. The maximum Gasteiger partial charge on any atom is 0.314 e. The highest BCUT2D eigenvalue weighted by molar-refractivity contribution is 5.75. The van der Waals surface area contributed by atoms with E-state index in [1.807, 2.05) is 0 Å². The highest BCUT2D eigenvalue weighted by Gasteiger charge is 2.28. The van der Waals surface area contributed by atoms with Crippen molar-refractivity contribution in [3.05, 3.63) is 65.2 Å². The van der Waals surface area contributed by atoms with Gasteiger partial charge in [-0.05, 0) is 79.8 Å². The van der Waals surface area contributed by atoms with E-state index in [0.29, 0.717) is 12.8 Å². The number of hydrogen-bond donors (Lipinski definition) is 0. The average Bonchev–Trinajstić information content (AvgIpc) is 2.78. The summed E-state index contributed by atoms with van der Waals surface area (Å²) in [4.78, 5) is 12.5. The number of carbonyl (C=O) groups excluding carboxylic acids is 1. The van der Waals surface area contributed by atoms with Crippen molar-refractivity contribution >= 4 is 5.97 Å². The van der Waals surface area contributed by atoms with Crippen molar-refractivity contribution in [1.82, 2.24) is 0 Å². The number of ether oxygens (including phenoxy) is 1. The maximum atomic E-state index is 14.5. The molecular formula is C27H34F2O2. The minimum absolute atomic E-state index is 0.0113. The van der Waals surface area contributed by atoms with Gasteiger partial charge in [-0.2, -0.15) is 0 Å². The zero-order chi connectivity index (χ0) is 22.1. The molecule has 0 unspecified atom stereocenters. The van der Waals surface area contributed by atoms with Crippen LogP contribution in [0.5, 0.6) is 5.75 Å². The third-order valence-corrected chi connectivity index (χ3v) is 6.47. The Balaban J connectivity index is 1.44. The van der Waals surface area contributed by atoms with Gasteiger partial charge in [0.2, 0.25) is 0 Å². The molecular weight excluding hydrogens is 394 g/mol. The lowest BCUT2D eigenvalue weighted by atomic mass is 9.80. The predicted octanol–water partition coefficient (Wildman–Crippen LogP) is 7.43. The molecule has 0 heterocycles. The van der Waals surface area contributed by atoms with Gasteiger partial charge in [0.05, 0.1) is 5.92 Å². The summed E-state index contributed by atoms with van der Waals surface area (Å²) in [5, 5.41) is 0. The van der Waals surface area contributed by atoms with Gasteiger partial charge in [0, 0.05) is 0 Å². The van der Waals surface area contributed by atoms with E-state index < -0.39 is 5.82 Å². The summed E-state index contributed by atoms with van der Waals surface area (Å²) < 4.78 is 32.9. The average molecular weight is 429 g/mol. The van der Waals surface area contributed by atoms with Crippen molar-refractivity contribution in [1.29, 1.82) is 0 Å². The SMILES string of the molecule is CCCCCCC1CCC(C(=O)Oc2ccc(CCc3ccc(F)cc3)cc2F)CC1. The lowest BCUT2D eigenvalue weighted by Crippen LogP contribution is -2.26. The van der Waals surface area contributed by atoms with Crippen LogP contribution in [-0.4, -0.2) is 5.97 Å². The minimum Gasteiger partial charge on any atom is -0.423 e. The van der Waals surface area contributed by atoms with Gasteiger partial charge in [0.25, 0.3) is 0 Å². The Morgan fingerprint density at radius 1 is 0.903 bits per heavy atom. The van der Waals surface area contributed by atoms with Crippen LogP contribution in [0.4, 0.5) is 8.78 Å². The van der Waals surface area contributed by atoms with E-state index in [0.717, 1.165) is 42.7 Å². The number of hydrogen-bond acceptors (Lipinski definition) is 2. The number of carbonyl (C=O) groups is 1. The molecule has 0 amide bonds. The second-order valence-electron chi connectivity index (χ2n) is 8.88. The van der Waals surface area contributed by atoms with Gasteiger partial charge in [0.15, 0.2) is 11.6 Å². The Bertz CT molecular complexity index is 824. The minimum atomic E-state index is -0.505. The number of aryl methyl sites for hydroxylation is 2. The molecule has 1 aliphatic rings. The molecule has 4 heteroatoms. The van der Waals surface area contributed by atoms with Gasteiger partial charge in [-0.3, -0.25) is 4.79 Å². The highest BCUT2D eigenvalue weighted by Crippen LogP contribution is 2.33. The predicted molar refractivity (Wildman–Crippen MR) is 120 cm³/mol. The molecule has 0 aliphatic heterocycles. The topological polar surface area (TPSA) is 26.3 Å². The van der Waals surface area contributed by atoms with E-state index >= 15 is 0 Å². The number of esters is 1. The Hall–Kier alpha value is -2.23. The quantitative estimate of drug-likeness (QED) is 0.223. The summed E-state index contributed by atoms with van der Waals surface area (Å²) in [6.45, 7) is 2.22. The van der Waals surface area contributed by atoms with Crippen molar-refractivity contribution in [2.75, 3.05) is 0 Å². The van der Waals surface area contributed by atoms with E-state index in [9.17, 15) is 13.6 Å². The molecule has 0 bridgehead atoms. The highest BCUT2D eigenvalue weighted by atomic mass is 19.1. The Labute approximate surface area is 185 Å². The second kappa shape index (κ2) is 12.0. The largest absolute Gasteiger partial charge is 0.423 e. The van der Waals surface area contributed by atoms with Gasteiger partial charge in [-0.25, -0.2) is 8.78 Å². The lowest BCUT2D eigenvalue weighted by molar-refractivity contribution is -0.140. The maximum absolute atomic E-state index is 14.5. The third-order valence-electron chi connectivity index (χ3n) is 6.47. The van der Waals surface area contributed by atoms with Crippen LogP contribution >= 0.6 is 0 Å². The van der Waals surface area contributed by atoms with Crippen molar-refractivity contribution in [2.24, 2.45) is 11.8 Å². The molecule has 2 aromatic carbocycles. The number of halogens is 2. The van der Waals surface area contributed by atoms with Crippen molar-refractivity contribution in [3.63, 3.8) is 0 Å². The first-order chi connectivity index (χ1) is 15.0. The third kappa shape index (κ3) is 7.45. The first kappa shape index (κ1) is 23.4. The van der Waals surface area contributed by atoms with Crippen LogP contribution in [0.3, 0.4) is 0 Å². The van der Waals surface area contributed by atoms with Gasteiger partial charge >= 0.3 is 5.97 Å². The van der Waals surface area contributed by atoms with Crippen LogP contribution in [0, 0.1) is 23.5 Å². The van der Waals surface area contributed by atoms with E-state index in [1.165, 1.54) is 50.3 Å². The molecule has 1 fully saturated rings. The molecule has 0 spiro atoms. The zero-order valence-corrected chi connectivity index (χ0v) is 18.5. The van der Waals surface area contributed by atoms with Gasteiger partial charge in [0.1, 0.15) is 5.82 Å². The molecule has 0 aromatic heterocycles. The summed E-state index contributed by atoms with van der Waals surface area (Å²) in [7, 11) is 0. The van der Waals surface area contributed by atoms with Crippen molar-refractivity contribution < 1.29 is 18.3 Å². The molecule has 0 radical (unpaired) electrons. The summed E-state index contributed by atoms with van der Waals surface area (Å²) in [5.41, 5.74) is 1.82. The summed E-state index contributed by atoms with van der Waals surface area (Å²) in [6.07, 6.45) is 11.6. The molecule has 2 nitrogen and oxygen atoms in total. The molecule has 1 aliphatic carbocycles. The van der Waals surface area contributed by atoms with Crippen LogP contribution < -0.4 is 4.74 Å². The van der Waals surface area contributed by atoms with Gasteiger partial charge in [-0.1, -0.05) is 57.2 Å². The van der Waals surface area contributed by atoms with Crippen molar-refractivity contribution in [2.45, 2.75) is 77.6 Å². The van der Waals surface area contributed by atoms with E-state index in [2.05, 4.69) is 6.92 Å².